The van der Waals surface area contributed by atoms with Gasteiger partial charge in [0, 0.05) is 11.1 Å². The van der Waals surface area contributed by atoms with Crippen LogP contribution in [-0.2, 0) is 0 Å². The van der Waals surface area contributed by atoms with Crippen molar-refractivity contribution in [2.45, 2.75) is 26.7 Å². The molecular formula is C10H14N2S. The average Bonchev–Trinajstić information content (AvgIpc) is 2.55. The third-order valence-electron chi connectivity index (χ3n) is 2.36. The van der Waals surface area contributed by atoms with Gasteiger partial charge in [0.2, 0.25) is 0 Å². The number of nitrogens with two attached hydrogens (primary N) is 1. The van der Waals surface area contributed by atoms with E-state index >= 15 is 0 Å². The molecule has 0 aromatic carbocycles. The van der Waals surface area contributed by atoms with Crippen LogP contribution in [0.2, 0.25) is 0 Å². The molecule has 2 N–H and O–H groups in total. The summed E-state index contributed by atoms with van der Waals surface area (Å²) >= 11 is 1.75. The van der Waals surface area contributed by atoms with E-state index in [1.807, 2.05) is 0 Å². The van der Waals surface area contributed by atoms with E-state index in [9.17, 15) is 0 Å². The number of hydrogen-bond acceptors (Lipinski definition) is 2. The Morgan fingerprint density at radius 2 is 2.15 bits per heavy atom. The Morgan fingerprint density at radius 3 is 2.69 bits per heavy atom. The summed E-state index contributed by atoms with van der Waals surface area (Å²) in [5.41, 5.74) is 8.54. The van der Waals surface area contributed by atoms with Crippen LogP contribution in [0.1, 0.15) is 31.0 Å². The normalized spacial score (nSPS) is 11.7. The third kappa shape index (κ3) is 1.15. The predicted molar refractivity (Wildman–Crippen MR) is 58.5 cm³/mol. The number of rotatable bonds is 1. The number of thiazole rings is 1. The zero-order chi connectivity index (χ0) is 9.59. The smallest absolute Gasteiger partial charge is 0.112 e. The summed E-state index contributed by atoms with van der Waals surface area (Å²) in [5, 5.41) is 2.13. The van der Waals surface area contributed by atoms with Crippen LogP contribution in [0.5, 0.6) is 0 Å². The molecule has 0 atom stereocenters. The Balaban J connectivity index is 2.75. The third-order valence-corrected chi connectivity index (χ3v) is 3.36. The molecule has 0 aliphatic carbocycles. The van der Waals surface area contributed by atoms with E-state index in [-0.39, 0.29) is 0 Å². The maximum Gasteiger partial charge on any atom is 0.112 e. The first-order valence-corrected chi connectivity index (χ1v) is 5.34. The summed E-state index contributed by atoms with van der Waals surface area (Å²) in [7, 11) is 0. The van der Waals surface area contributed by atoms with Crippen molar-refractivity contribution in [1.29, 1.82) is 0 Å². The number of aryl methyl sites for hydroxylation is 1. The zero-order valence-corrected chi connectivity index (χ0v) is 8.98. The zero-order valence-electron chi connectivity index (χ0n) is 8.16. The minimum atomic E-state index is 0.506. The van der Waals surface area contributed by atoms with Gasteiger partial charge in [0.15, 0.2) is 0 Å². The molecule has 2 heterocycles. The maximum absolute atomic E-state index is 6.05. The molecule has 0 unspecified atom stereocenters. The van der Waals surface area contributed by atoms with E-state index in [2.05, 4.69) is 36.6 Å². The molecule has 0 spiro atoms. The van der Waals surface area contributed by atoms with Gasteiger partial charge in [0.05, 0.1) is 0 Å². The molecular weight excluding hydrogens is 180 g/mol. The Morgan fingerprint density at radius 1 is 1.46 bits per heavy atom. The first kappa shape index (κ1) is 8.63. The monoisotopic (exact) mass is 194 g/mol. The topological polar surface area (TPSA) is 30.4 Å². The molecule has 0 bridgehead atoms. The van der Waals surface area contributed by atoms with Gasteiger partial charge in [-0.2, -0.15) is 0 Å². The standard InChI is InChI=1S/C10H14N2S/c1-6(2)8-4-9-12(10(8)11)7(3)5-13-9/h4-6H,11H2,1-3H3. The van der Waals surface area contributed by atoms with E-state index in [0.29, 0.717) is 5.92 Å². The number of nitrogens with zero attached hydrogens (tertiary/aromatic N) is 1. The van der Waals surface area contributed by atoms with Crippen LogP contribution >= 0.6 is 11.3 Å². The SMILES string of the molecule is Cc1csc2cc(C(C)C)c(N)n12. The van der Waals surface area contributed by atoms with E-state index in [1.54, 1.807) is 11.3 Å². The van der Waals surface area contributed by atoms with Crippen LogP contribution in [0.4, 0.5) is 5.82 Å². The molecule has 0 aliphatic heterocycles. The average molecular weight is 194 g/mol. The molecule has 2 aromatic heterocycles. The van der Waals surface area contributed by atoms with E-state index < -0.39 is 0 Å². The molecule has 3 heteroatoms. The highest BCUT2D eigenvalue weighted by molar-refractivity contribution is 7.15. The van der Waals surface area contributed by atoms with E-state index in [0.717, 1.165) is 5.82 Å². The quantitative estimate of drug-likeness (QED) is 0.743. The molecule has 0 fully saturated rings. The molecule has 0 amide bonds. The molecule has 2 rings (SSSR count). The first-order chi connectivity index (χ1) is 6.11. The molecule has 70 valence electrons. The fourth-order valence-electron chi connectivity index (χ4n) is 1.63. The summed E-state index contributed by atoms with van der Waals surface area (Å²) in [6, 6.07) is 2.19. The van der Waals surface area contributed by atoms with Crippen LogP contribution in [0, 0.1) is 6.92 Å². The number of fused-ring (bicyclic) bond motifs is 1. The molecule has 0 radical (unpaired) electrons. The van der Waals surface area contributed by atoms with Gasteiger partial charge in [-0.3, -0.25) is 4.40 Å². The van der Waals surface area contributed by atoms with E-state index in [1.165, 1.54) is 16.1 Å². The van der Waals surface area contributed by atoms with Gasteiger partial charge in [0.1, 0.15) is 10.6 Å². The Bertz CT molecular complexity index is 437. The van der Waals surface area contributed by atoms with Gasteiger partial charge < -0.3 is 5.73 Å². The summed E-state index contributed by atoms with van der Waals surface area (Å²) in [4.78, 5) is 1.25. The second kappa shape index (κ2) is 2.77. The van der Waals surface area contributed by atoms with Crippen molar-refractivity contribution < 1.29 is 0 Å². The predicted octanol–water partition coefficient (Wildman–Crippen LogP) is 3.01. The van der Waals surface area contributed by atoms with Crippen LogP contribution in [0.3, 0.4) is 0 Å². The van der Waals surface area contributed by atoms with Gasteiger partial charge in [-0.1, -0.05) is 13.8 Å². The lowest BCUT2D eigenvalue weighted by molar-refractivity contribution is 0.869. The summed E-state index contributed by atoms with van der Waals surface area (Å²) in [6.07, 6.45) is 0. The van der Waals surface area contributed by atoms with Gasteiger partial charge in [-0.15, -0.1) is 11.3 Å². The van der Waals surface area contributed by atoms with Crippen molar-refractivity contribution in [3.05, 3.63) is 22.7 Å². The number of hydrogen-bond donors (Lipinski definition) is 1. The van der Waals surface area contributed by atoms with Gasteiger partial charge in [0.25, 0.3) is 0 Å². The van der Waals surface area contributed by atoms with Crippen molar-refractivity contribution in [3.8, 4) is 0 Å². The highest BCUT2D eigenvalue weighted by Gasteiger charge is 2.12. The number of anilines is 1. The second-order valence-corrected chi connectivity index (χ2v) is 4.58. The molecule has 2 nitrogen and oxygen atoms in total. The van der Waals surface area contributed by atoms with Crippen LogP contribution in [0.15, 0.2) is 11.4 Å². The van der Waals surface area contributed by atoms with Crippen molar-refractivity contribution >= 4 is 22.0 Å². The lowest BCUT2D eigenvalue weighted by Crippen LogP contribution is -1.97. The van der Waals surface area contributed by atoms with Gasteiger partial charge in [-0.25, -0.2) is 0 Å². The second-order valence-electron chi connectivity index (χ2n) is 3.69. The van der Waals surface area contributed by atoms with Gasteiger partial charge in [-0.05, 0) is 24.5 Å². The maximum atomic E-state index is 6.05. The largest absolute Gasteiger partial charge is 0.385 e. The molecule has 0 saturated heterocycles. The molecule has 0 aliphatic rings. The lowest BCUT2D eigenvalue weighted by atomic mass is 10.1. The number of aromatic nitrogens is 1. The highest BCUT2D eigenvalue weighted by Crippen LogP contribution is 2.30. The van der Waals surface area contributed by atoms with Crippen molar-refractivity contribution in [1.82, 2.24) is 4.40 Å². The first-order valence-electron chi connectivity index (χ1n) is 4.46. The Hall–Kier alpha value is -0.960. The van der Waals surface area contributed by atoms with Crippen molar-refractivity contribution in [3.63, 3.8) is 0 Å². The minimum Gasteiger partial charge on any atom is -0.385 e. The summed E-state index contributed by atoms with van der Waals surface area (Å²) in [6.45, 7) is 6.43. The molecule has 0 saturated carbocycles. The van der Waals surface area contributed by atoms with Crippen LogP contribution < -0.4 is 5.73 Å². The highest BCUT2D eigenvalue weighted by atomic mass is 32.1. The molecule has 2 aromatic rings. The Kier molecular flexibility index (Phi) is 1.84. The molecule has 13 heavy (non-hydrogen) atoms. The van der Waals surface area contributed by atoms with Crippen molar-refractivity contribution in [2.75, 3.05) is 5.73 Å². The minimum absolute atomic E-state index is 0.506. The van der Waals surface area contributed by atoms with Gasteiger partial charge >= 0.3 is 0 Å². The lowest BCUT2D eigenvalue weighted by Gasteiger charge is -2.03. The van der Waals surface area contributed by atoms with Crippen molar-refractivity contribution in [2.24, 2.45) is 0 Å². The fourth-order valence-corrected chi connectivity index (χ4v) is 2.57. The van der Waals surface area contributed by atoms with Crippen LogP contribution in [0.25, 0.3) is 4.83 Å². The number of nitrogen functional groups attached to an aromatic ring is 1. The summed E-state index contributed by atoms with van der Waals surface area (Å²) < 4.78 is 2.12. The Labute approximate surface area is 82.0 Å². The van der Waals surface area contributed by atoms with Crippen LogP contribution in [-0.4, -0.2) is 4.40 Å². The van der Waals surface area contributed by atoms with E-state index in [4.69, 9.17) is 5.73 Å². The summed E-state index contributed by atoms with van der Waals surface area (Å²) in [5.74, 6) is 1.41. The fraction of sp³-hybridized carbons (Fsp3) is 0.400.